The van der Waals surface area contributed by atoms with E-state index in [0.29, 0.717) is 0 Å². The molecule has 0 radical (unpaired) electrons. The molecule has 6 saturated heterocycles. The van der Waals surface area contributed by atoms with E-state index in [0.717, 1.165) is 101 Å². The Labute approximate surface area is 188 Å². The second kappa shape index (κ2) is 6.98. The molecule has 0 bridgehead atoms. The van der Waals surface area contributed by atoms with Crippen molar-refractivity contribution in [2.75, 3.05) is 78.5 Å². The van der Waals surface area contributed by atoms with Crippen molar-refractivity contribution in [3.63, 3.8) is 0 Å². The van der Waals surface area contributed by atoms with E-state index in [-0.39, 0.29) is 0 Å². The number of nitrogens with zero attached hydrogens (tertiary/aromatic N) is 8. The van der Waals surface area contributed by atoms with Gasteiger partial charge < -0.3 is 9.80 Å². The molecule has 6 aliphatic rings. The molecule has 10 nitrogen and oxygen atoms in total. The average Bonchev–Trinajstić information content (AvgIpc) is 3.64. The van der Waals surface area contributed by atoms with Crippen LogP contribution < -0.4 is 0 Å². The summed E-state index contributed by atoms with van der Waals surface area (Å²) < 4.78 is 36.1. The van der Waals surface area contributed by atoms with Gasteiger partial charge in [-0.1, -0.05) is 0 Å². The fraction of sp³-hybridized carbons (Fsp3) is 0.600. The van der Waals surface area contributed by atoms with Gasteiger partial charge in [0.15, 0.2) is 11.2 Å². The Balaban J connectivity index is 1.19. The van der Waals surface area contributed by atoms with Crippen LogP contribution in [-0.2, 0) is 9.13 Å². The standard InChI is InChI=1S/C20H28N8O2P2/c29-31(25-9-10-25,26-11-12-26)19(23-5-6-23)21-17-1-2-18(4-3-17)22-20(24-7-8-24)32(30,27-13-14-27)28-15-16-28/h1-4H,5-16H2. The van der Waals surface area contributed by atoms with Crippen LogP contribution >= 0.6 is 14.9 Å². The number of rotatable bonds is 8. The number of amidine groups is 2. The molecule has 12 heteroatoms. The molecular weight excluding hydrogens is 446 g/mol. The smallest absolute Gasteiger partial charge is 0.280 e. The van der Waals surface area contributed by atoms with Crippen LogP contribution in [0, 0.1) is 0 Å². The van der Waals surface area contributed by atoms with Crippen molar-refractivity contribution in [2.24, 2.45) is 9.98 Å². The van der Waals surface area contributed by atoms with Gasteiger partial charge in [0.1, 0.15) is 0 Å². The third-order valence-corrected chi connectivity index (χ3v) is 13.0. The monoisotopic (exact) mass is 474 g/mol. The second-order valence-corrected chi connectivity index (χ2v) is 14.5. The van der Waals surface area contributed by atoms with Gasteiger partial charge in [-0.05, 0) is 24.3 Å². The summed E-state index contributed by atoms with van der Waals surface area (Å²) >= 11 is 0. The Hall–Kier alpha value is -1.54. The Morgan fingerprint density at radius 2 is 0.812 bits per heavy atom. The van der Waals surface area contributed by atoms with Gasteiger partial charge in [0.25, 0.3) is 14.9 Å². The molecule has 7 rings (SSSR count). The van der Waals surface area contributed by atoms with Crippen molar-refractivity contribution in [1.82, 2.24) is 28.5 Å². The Bertz CT molecular complexity index is 978. The zero-order chi connectivity index (χ0) is 21.5. The maximum atomic E-state index is 13.9. The van der Waals surface area contributed by atoms with E-state index in [1.165, 1.54) is 0 Å². The maximum Gasteiger partial charge on any atom is 0.280 e. The lowest BCUT2D eigenvalue weighted by Gasteiger charge is -2.23. The second-order valence-electron chi connectivity index (χ2n) is 9.22. The molecule has 0 N–H and O–H groups in total. The van der Waals surface area contributed by atoms with Crippen LogP contribution in [0.4, 0.5) is 11.4 Å². The Kier molecular flexibility index (Phi) is 4.34. The first-order valence-electron chi connectivity index (χ1n) is 11.6. The number of aliphatic imine (C=N–C) groups is 2. The summed E-state index contributed by atoms with van der Waals surface area (Å²) in [6.45, 7) is 10.8. The molecule has 6 aliphatic heterocycles. The van der Waals surface area contributed by atoms with Gasteiger partial charge in [-0.25, -0.2) is 28.7 Å². The molecule has 0 aliphatic carbocycles. The van der Waals surface area contributed by atoms with Crippen molar-refractivity contribution in [2.45, 2.75) is 0 Å². The molecule has 6 fully saturated rings. The first-order valence-corrected chi connectivity index (χ1v) is 14.8. The van der Waals surface area contributed by atoms with Gasteiger partial charge in [-0.15, -0.1) is 0 Å². The van der Waals surface area contributed by atoms with Crippen LogP contribution in [0.15, 0.2) is 34.3 Å². The van der Waals surface area contributed by atoms with Crippen molar-refractivity contribution in [3.8, 4) is 0 Å². The van der Waals surface area contributed by atoms with Gasteiger partial charge in [0.05, 0.1) is 11.4 Å². The molecule has 0 aromatic heterocycles. The van der Waals surface area contributed by atoms with Crippen LogP contribution in [-0.4, -0.2) is 118 Å². The maximum absolute atomic E-state index is 13.9. The fourth-order valence-corrected chi connectivity index (χ4v) is 9.98. The van der Waals surface area contributed by atoms with Crippen molar-refractivity contribution in [1.29, 1.82) is 0 Å². The first kappa shape index (κ1) is 19.9. The summed E-state index contributed by atoms with van der Waals surface area (Å²) in [6, 6.07) is 7.76. The summed E-state index contributed by atoms with van der Waals surface area (Å²) in [5.74, 6) is 0. The van der Waals surface area contributed by atoms with E-state index in [1.54, 1.807) is 0 Å². The number of benzene rings is 1. The van der Waals surface area contributed by atoms with Gasteiger partial charge in [-0.3, -0.25) is 9.13 Å². The molecule has 32 heavy (non-hydrogen) atoms. The zero-order valence-corrected chi connectivity index (χ0v) is 19.9. The fourth-order valence-electron chi connectivity index (χ4n) is 4.10. The number of hydrogen-bond acceptors (Lipinski definition) is 4. The minimum atomic E-state index is -2.72. The quantitative estimate of drug-likeness (QED) is 0.245. The summed E-state index contributed by atoms with van der Waals surface area (Å²) in [4.78, 5) is 14.0. The minimum absolute atomic E-state index is 0.737. The van der Waals surface area contributed by atoms with Crippen LogP contribution in [0.3, 0.4) is 0 Å². The predicted molar refractivity (Wildman–Crippen MR) is 125 cm³/mol. The van der Waals surface area contributed by atoms with Crippen molar-refractivity contribution in [3.05, 3.63) is 24.3 Å². The highest BCUT2D eigenvalue weighted by Gasteiger charge is 2.55. The molecule has 170 valence electrons. The van der Waals surface area contributed by atoms with Gasteiger partial charge >= 0.3 is 0 Å². The summed E-state index contributed by atoms with van der Waals surface area (Å²) in [5, 5.41) is 0. The Morgan fingerprint density at radius 1 is 0.531 bits per heavy atom. The van der Waals surface area contributed by atoms with E-state index in [9.17, 15) is 9.13 Å². The van der Waals surface area contributed by atoms with E-state index in [1.807, 2.05) is 24.3 Å². The molecule has 1 aromatic carbocycles. The van der Waals surface area contributed by atoms with E-state index in [2.05, 4.69) is 28.5 Å². The van der Waals surface area contributed by atoms with E-state index in [4.69, 9.17) is 9.98 Å². The zero-order valence-electron chi connectivity index (χ0n) is 18.1. The lowest BCUT2D eigenvalue weighted by atomic mass is 10.3. The van der Waals surface area contributed by atoms with Crippen LogP contribution in [0.25, 0.3) is 0 Å². The predicted octanol–water partition coefficient (Wildman–Crippen LogP) is 1.94. The SMILES string of the molecule is O=P(C(=Nc1ccc(N=C(N2CC2)P(=O)(N2CC2)N2CC2)cc1)N1CC1)(N1CC1)N1CC1. The van der Waals surface area contributed by atoms with Crippen molar-refractivity contribution < 1.29 is 9.13 Å². The highest BCUT2D eigenvalue weighted by atomic mass is 31.2. The van der Waals surface area contributed by atoms with Gasteiger partial charge in [0, 0.05) is 78.5 Å². The molecule has 0 atom stereocenters. The summed E-state index contributed by atoms with van der Waals surface area (Å²) in [6.07, 6.45) is 0. The molecule has 0 unspecified atom stereocenters. The van der Waals surface area contributed by atoms with Gasteiger partial charge in [-0.2, -0.15) is 0 Å². The highest BCUT2D eigenvalue weighted by Crippen LogP contribution is 2.64. The lowest BCUT2D eigenvalue weighted by molar-refractivity contribution is 0.527. The topological polar surface area (TPSA) is 76.9 Å². The minimum Gasteiger partial charge on any atom is -0.348 e. The summed E-state index contributed by atoms with van der Waals surface area (Å²) in [5.41, 5.74) is 3.06. The molecule has 1 aromatic rings. The normalized spacial score (nSPS) is 26.5. The van der Waals surface area contributed by atoms with E-state index < -0.39 is 14.9 Å². The van der Waals surface area contributed by atoms with Crippen LogP contribution in [0.1, 0.15) is 0 Å². The lowest BCUT2D eigenvalue weighted by Crippen LogP contribution is -2.21. The van der Waals surface area contributed by atoms with Crippen LogP contribution in [0.2, 0.25) is 0 Å². The van der Waals surface area contributed by atoms with E-state index >= 15 is 0 Å². The third kappa shape index (κ3) is 3.49. The van der Waals surface area contributed by atoms with Gasteiger partial charge in [0.2, 0.25) is 0 Å². The first-order chi connectivity index (χ1) is 15.6. The number of hydrogen-bond donors (Lipinski definition) is 0. The summed E-state index contributed by atoms with van der Waals surface area (Å²) in [7, 11) is -5.44. The molecule has 0 spiro atoms. The third-order valence-electron chi connectivity index (χ3n) is 6.52. The van der Waals surface area contributed by atoms with Crippen LogP contribution in [0.5, 0.6) is 0 Å². The largest absolute Gasteiger partial charge is 0.348 e. The molecule has 6 heterocycles. The Morgan fingerprint density at radius 3 is 1.03 bits per heavy atom. The highest BCUT2D eigenvalue weighted by molar-refractivity contribution is 7.77. The average molecular weight is 474 g/mol. The van der Waals surface area contributed by atoms with Crippen molar-refractivity contribution >= 4 is 37.4 Å². The molecule has 0 amide bonds. The molecule has 0 saturated carbocycles. The molecular formula is C20H28N8O2P2.